The molecule has 24 heavy (non-hydrogen) atoms. The van der Waals surface area contributed by atoms with Gasteiger partial charge in [-0.15, -0.1) is 10.2 Å². The third kappa shape index (κ3) is 3.80. The van der Waals surface area contributed by atoms with Gasteiger partial charge in [-0.25, -0.2) is 0 Å². The van der Waals surface area contributed by atoms with Crippen molar-refractivity contribution in [3.05, 3.63) is 48.2 Å². The van der Waals surface area contributed by atoms with Crippen molar-refractivity contribution in [3.63, 3.8) is 0 Å². The molecule has 1 amide bonds. The van der Waals surface area contributed by atoms with Gasteiger partial charge in [0.2, 0.25) is 5.91 Å². The molecular weight excluding hydrogens is 306 g/mol. The number of carbonyl (C=O) groups is 1. The van der Waals surface area contributed by atoms with E-state index >= 15 is 0 Å². The number of aryl methyl sites for hydroxylation is 1. The van der Waals surface area contributed by atoms with Gasteiger partial charge in [-0.1, -0.05) is 18.2 Å². The molecule has 0 bridgehead atoms. The molecule has 0 aliphatic heterocycles. The Morgan fingerprint density at radius 3 is 3.12 bits per heavy atom. The summed E-state index contributed by atoms with van der Waals surface area (Å²) in [5, 5.41) is 12.0. The van der Waals surface area contributed by atoms with Crippen molar-refractivity contribution in [2.24, 2.45) is 0 Å². The molecule has 126 valence electrons. The molecule has 0 aliphatic rings. The monoisotopic (exact) mass is 327 g/mol. The first-order valence-electron chi connectivity index (χ1n) is 7.95. The van der Waals surface area contributed by atoms with E-state index in [1.807, 2.05) is 29.0 Å². The van der Waals surface area contributed by atoms with Crippen molar-refractivity contribution in [2.75, 3.05) is 13.7 Å². The fourth-order valence-electron chi connectivity index (χ4n) is 2.64. The average Bonchev–Trinajstić information content (AvgIpc) is 3.23. The van der Waals surface area contributed by atoms with Gasteiger partial charge >= 0.3 is 0 Å². The molecule has 0 radical (unpaired) electrons. The quantitative estimate of drug-likeness (QED) is 0.659. The van der Waals surface area contributed by atoms with Gasteiger partial charge < -0.3 is 19.6 Å². The molecule has 7 heteroatoms. The van der Waals surface area contributed by atoms with E-state index < -0.39 is 0 Å². The fraction of sp³-hybridized carbons (Fsp3) is 0.353. The summed E-state index contributed by atoms with van der Waals surface area (Å²) < 4.78 is 6.92. The number of nitrogens with one attached hydrogen (secondary N) is 2. The number of hydrogen-bond donors (Lipinski definition) is 2. The van der Waals surface area contributed by atoms with Gasteiger partial charge in [0, 0.05) is 37.2 Å². The summed E-state index contributed by atoms with van der Waals surface area (Å²) in [5.41, 5.74) is 2.25. The molecule has 2 N–H and O–H groups in total. The highest BCUT2D eigenvalue weighted by Crippen LogP contribution is 2.18. The number of hydrogen-bond acceptors (Lipinski definition) is 4. The maximum Gasteiger partial charge on any atom is 0.220 e. The highest BCUT2D eigenvalue weighted by atomic mass is 16.5. The molecule has 7 nitrogen and oxygen atoms in total. The van der Waals surface area contributed by atoms with Gasteiger partial charge in [-0.05, 0) is 18.1 Å². The van der Waals surface area contributed by atoms with Gasteiger partial charge in [0.25, 0.3) is 0 Å². The summed E-state index contributed by atoms with van der Waals surface area (Å²) in [7, 11) is 1.65. The molecule has 3 rings (SSSR count). The van der Waals surface area contributed by atoms with E-state index in [1.165, 1.54) is 5.39 Å². The number of amides is 1. The number of aromatic amines is 1. The van der Waals surface area contributed by atoms with Crippen molar-refractivity contribution in [3.8, 4) is 0 Å². The standard InChI is InChI=1S/C17H21N5O2/c1-24-9-8-22-12-20-21-16(22)11-19-17(23)7-6-13-10-18-15-5-3-2-4-14(13)15/h2-5,10,12,18H,6-9,11H2,1H3,(H,19,23). The van der Waals surface area contributed by atoms with Crippen molar-refractivity contribution in [2.45, 2.75) is 25.9 Å². The lowest BCUT2D eigenvalue weighted by Crippen LogP contribution is -2.25. The molecule has 3 aromatic rings. The predicted molar refractivity (Wildman–Crippen MR) is 90.4 cm³/mol. The lowest BCUT2D eigenvalue weighted by Gasteiger charge is -2.07. The smallest absolute Gasteiger partial charge is 0.220 e. The van der Waals surface area contributed by atoms with Crippen LogP contribution in [0.15, 0.2) is 36.8 Å². The number of rotatable bonds is 8. The first-order valence-corrected chi connectivity index (χ1v) is 7.95. The zero-order valence-corrected chi connectivity index (χ0v) is 13.7. The van der Waals surface area contributed by atoms with Gasteiger partial charge in [0.05, 0.1) is 13.2 Å². The molecule has 2 heterocycles. The largest absolute Gasteiger partial charge is 0.383 e. The summed E-state index contributed by atoms with van der Waals surface area (Å²) in [6, 6.07) is 8.10. The molecule has 0 aliphatic carbocycles. The van der Waals surface area contributed by atoms with Crippen molar-refractivity contribution < 1.29 is 9.53 Å². The minimum atomic E-state index is 0.00146. The normalized spacial score (nSPS) is 11.0. The third-order valence-corrected chi connectivity index (χ3v) is 3.97. The number of benzene rings is 1. The van der Waals surface area contributed by atoms with Crippen LogP contribution in [0.5, 0.6) is 0 Å². The van der Waals surface area contributed by atoms with E-state index in [9.17, 15) is 4.79 Å². The Labute approximate surface area is 140 Å². The number of para-hydroxylation sites is 1. The van der Waals surface area contributed by atoms with Crippen LogP contribution < -0.4 is 5.32 Å². The second-order valence-corrected chi connectivity index (χ2v) is 5.57. The van der Waals surface area contributed by atoms with Crippen LogP contribution in [-0.2, 0) is 29.0 Å². The Hall–Kier alpha value is -2.67. The molecule has 0 fully saturated rings. The Kier molecular flexibility index (Phi) is 5.22. The van der Waals surface area contributed by atoms with Crippen molar-refractivity contribution in [1.82, 2.24) is 25.1 Å². The van der Waals surface area contributed by atoms with E-state index in [2.05, 4.69) is 26.6 Å². The lowest BCUT2D eigenvalue weighted by atomic mass is 10.1. The number of H-pyrrole nitrogens is 1. The number of carbonyl (C=O) groups excluding carboxylic acids is 1. The lowest BCUT2D eigenvalue weighted by molar-refractivity contribution is -0.121. The number of aromatic nitrogens is 4. The second-order valence-electron chi connectivity index (χ2n) is 5.57. The third-order valence-electron chi connectivity index (χ3n) is 3.97. The van der Waals surface area contributed by atoms with Crippen LogP contribution in [-0.4, -0.2) is 39.4 Å². The Morgan fingerprint density at radius 1 is 1.38 bits per heavy atom. The summed E-state index contributed by atoms with van der Waals surface area (Å²) in [6.07, 6.45) is 4.76. The maximum atomic E-state index is 12.1. The van der Waals surface area contributed by atoms with Crippen LogP contribution in [0.2, 0.25) is 0 Å². The van der Waals surface area contributed by atoms with Gasteiger partial charge in [-0.3, -0.25) is 4.79 Å². The van der Waals surface area contributed by atoms with Crippen molar-refractivity contribution >= 4 is 16.8 Å². The molecule has 0 saturated heterocycles. The first kappa shape index (κ1) is 16.2. The van der Waals surface area contributed by atoms with Gasteiger partial charge in [-0.2, -0.15) is 0 Å². The van der Waals surface area contributed by atoms with Gasteiger partial charge in [0.15, 0.2) is 5.82 Å². The van der Waals surface area contributed by atoms with Crippen LogP contribution in [0, 0.1) is 0 Å². The Morgan fingerprint density at radius 2 is 2.25 bits per heavy atom. The first-order chi connectivity index (χ1) is 11.8. The number of fused-ring (bicyclic) bond motifs is 1. The number of methoxy groups -OCH3 is 1. The van der Waals surface area contributed by atoms with Gasteiger partial charge in [0.1, 0.15) is 6.33 Å². The van der Waals surface area contributed by atoms with E-state index in [0.717, 1.165) is 16.9 Å². The molecule has 1 aromatic carbocycles. The predicted octanol–water partition coefficient (Wildman–Crippen LogP) is 1.65. The van der Waals surface area contributed by atoms with Crippen molar-refractivity contribution in [1.29, 1.82) is 0 Å². The Balaban J connectivity index is 1.50. The molecule has 0 unspecified atom stereocenters. The molecular formula is C17H21N5O2. The Bertz CT molecular complexity index is 808. The summed E-state index contributed by atoms with van der Waals surface area (Å²) in [6.45, 7) is 1.63. The molecule has 0 atom stereocenters. The van der Waals surface area contributed by atoms with Crippen LogP contribution in [0.3, 0.4) is 0 Å². The van der Waals surface area contributed by atoms with E-state index in [-0.39, 0.29) is 5.91 Å². The zero-order valence-electron chi connectivity index (χ0n) is 13.7. The average molecular weight is 327 g/mol. The highest BCUT2D eigenvalue weighted by Gasteiger charge is 2.09. The van der Waals surface area contributed by atoms with Crippen LogP contribution >= 0.6 is 0 Å². The SMILES string of the molecule is COCCn1cnnc1CNC(=O)CCc1c[nH]c2ccccc12. The zero-order chi connectivity index (χ0) is 16.8. The van der Waals surface area contributed by atoms with E-state index in [4.69, 9.17) is 4.74 Å². The number of ether oxygens (including phenoxy) is 1. The molecule has 0 spiro atoms. The number of nitrogens with zero attached hydrogens (tertiary/aromatic N) is 3. The summed E-state index contributed by atoms with van der Waals surface area (Å²) in [4.78, 5) is 15.3. The fourth-order valence-corrected chi connectivity index (χ4v) is 2.64. The van der Waals surface area contributed by atoms with Crippen LogP contribution in [0.1, 0.15) is 17.8 Å². The molecule has 0 saturated carbocycles. The minimum Gasteiger partial charge on any atom is -0.383 e. The van der Waals surface area contributed by atoms with E-state index in [0.29, 0.717) is 32.5 Å². The molecule has 2 aromatic heterocycles. The minimum absolute atomic E-state index is 0.00146. The highest BCUT2D eigenvalue weighted by molar-refractivity contribution is 5.84. The van der Waals surface area contributed by atoms with Crippen LogP contribution in [0.4, 0.5) is 0 Å². The topological polar surface area (TPSA) is 84.8 Å². The second kappa shape index (κ2) is 7.74. The summed E-state index contributed by atoms with van der Waals surface area (Å²) >= 11 is 0. The maximum absolute atomic E-state index is 12.1. The summed E-state index contributed by atoms with van der Waals surface area (Å²) in [5.74, 6) is 0.731. The van der Waals surface area contributed by atoms with Crippen LogP contribution in [0.25, 0.3) is 10.9 Å². The van der Waals surface area contributed by atoms with E-state index in [1.54, 1.807) is 13.4 Å².